The zero-order valence-corrected chi connectivity index (χ0v) is 14.0. The number of benzene rings is 1. The van der Waals surface area contributed by atoms with Gasteiger partial charge in [-0.3, -0.25) is 0 Å². The van der Waals surface area contributed by atoms with E-state index >= 15 is 0 Å². The van der Waals surface area contributed by atoms with Crippen LogP contribution in [0.3, 0.4) is 0 Å². The minimum atomic E-state index is -3.45. The molecule has 0 saturated carbocycles. The van der Waals surface area contributed by atoms with Crippen molar-refractivity contribution in [3.05, 3.63) is 24.3 Å². The Morgan fingerprint density at radius 2 is 2.00 bits per heavy atom. The van der Waals surface area contributed by atoms with E-state index in [-0.39, 0.29) is 6.04 Å². The Bertz CT molecular complexity index is 555. The zero-order chi connectivity index (χ0) is 16.0. The number of hydrogen-bond acceptors (Lipinski definition) is 4. The first-order chi connectivity index (χ1) is 10.6. The second-order valence-corrected chi connectivity index (χ2v) is 7.55. The Kier molecular flexibility index (Phi) is 6.23. The molecule has 0 aromatic heterocycles. The molecule has 0 radical (unpaired) electrons. The first-order valence-electron chi connectivity index (χ1n) is 8.04. The first kappa shape index (κ1) is 17.2. The Balaban J connectivity index is 2.17. The summed E-state index contributed by atoms with van der Waals surface area (Å²) in [4.78, 5) is 0.334. The molecule has 0 bridgehead atoms. The van der Waals surface area contributed by atoms with Crippen molar-refractivity contribution in [2.75, 3.05) is 19.7 Å². The van der Waals surface area contributed by atoms with Gasteiger partial charge in [0.1, 0.15) is 5.75 Å². The summed E-state index contributed by atoms with van der Waals surface area (Å²) in [5.41, 5.74) is 5.63. The molecule has 1 saturated heterocycles. The standard InChI is InChI=1S/C16H26N2O3S/c1-2-13-21-15-6-8-16(9-7-15)22(19,20)18-12-4-3-5-14(18)10-11-17/h6-9,14H,2-5,10-13,17H2,1H3. The first-order valence-corrected chi connectivity index (χ1v) is 9.48. The van der Waals surface area contributed by atoms with Crippen LogP contribution in [0.25, 0.3) is 0 Å². The van der Waals surface area contributed by atoms with E-state index in [1.54, 1.807) is 28.6 Å². The molecule has 1 aliphatic rings. The number of nitrogens with two attached hydrogens (primary N) is 1. The maximum absolute atomic E-state index is 12.8. The minimum Gasteiger partial charge on any atom is -0.494 e. The van der Waals surface area contributed by atoms with Crippen molar-refractivity contribution in [3.8, 4) is 5.75 Å². The van der Waals surface area contributed by atoms with Crippen LogP contribution in [0, 0.1) is 0 Å². The van der Waals surface area contributed by atoms with Gasteiger partial charge in [0, 0.05) is 12.6 Å². The van der Waals surface area contributed by atoms with E-state index in [0.29, 0.717) is 30.3 Å². The van der Waals surface area contributed by atoms with Gasteiger partial charge in [-0.1, -0.05) is 13.3 Å². The van der Waals surface area contributed by atoms with Crippen LogP contribution in [0.4, 0.5) is 0 Å². The molecule has 2 N–H and O–H groups in total. The van der Waals surface area contributed by atoms with E-state index in [2.05, 4.69) is 0 Å². The van der Waals surface area contributed by atoms with Gasteiger partial charge in [0.2, 0.25) is 10.0 Å². The monoisotopic (exact) mass is 326 g/mol. The van der Waals surface area contributed by atoms with E-state index in [1.807, 2.05) is 6.92 Å². The molecule has 1 aromatic carbocycles. The summed E-state index contributed by atoms with van der Waals surface area (Å²) in [6.45, 7) is 3.77. The van der Waals surface area contributed by atoms with Crippen LogP contribution in [-0.2, 0) is 10.0 Å². The summed E-state index contributed by atoms with van der Waals surface area (Å²) in [5.74, 6) is 0.706. The summed E-state index contributed by atoms with van der Waals surface area (Å²) in [5, 5.41) is 0. The minimum absolute atomic E-state index is 0.0276. The van der Waals surface area contributed by atoms with Gasteiger partial charge in [-0.25, -0.2) is 8.42 Å². The molecule has 6 heteroatoms. The van der Waals surface area contributed by atoms with Crippen molar-refractivity contribution >= 4 is 10.0 Å². The highest BCUT2D eigenvalue weighted by Crippen LogP contribution is 2.27. The van der Waals surface area contributed by atoms with E-state index in [1.165, 1.54) is 0 Å². The lowest BCUT2D eigenvalue weighted by molar-refractivity contribution is 0.243. The Labute approximate surface area is 133 Å². The normalized spacial score (nSPS) is 20.0. The Hall–Kier alpha value is -1.11. The highest BCUT2D eigenvalue weighted by atomic mass is 32.2. The third kappa shape index (κ3) is 4.00. The highest BCUT2D eigenvalue weighted by molar-refractivity contribution is 7.89. The predicted octanol–water partition coefficient (Wildman–Crippen LogP) is 2.37. The van der Waals surface area contributed by atoms with Crippen LogP contribution in [0.15, 0.2) is 29.2 Å². The second-order valence-electron chi connectivity index (χ2n) is 5.66. The molecule has 1 unspecified atom stereocenters. The van der Waals surface area contributed by atoms with Crippen LogP contribution < -0.4 is 10.5 Å². The summed E-state index contributed by atoms with van der Waals surface area (Å²) in [6.07, 6.45) is 4.53. The molecule has 1 atom stereocenters. The number of sulfonamides is 1. The van der Waals surface area contributed by atoms with Crippen molar-refractivity contribution < 1.29 is 13.2 Å². The number of hydrogen-bond donors (Lipinski definition) is 1. The van der Waals surface area contributed by atoms with Gasteiger partial charge >= 0.3 is 0 Å². The smallest absolute Gasteiger partial charge is 0.243 e. The lowest BCUT2D eigenvalue weighted by atomic mass is 10.0. The molecule has 1 aromatic rings. The molecule has 124 valence electrons. The van der Waals surface area contributed by atoms with E-state index in [0.717, 1.165) is 32.1 Å². The summed E-state index contributed by atoms with van der Waals surface area (Å²) < 4.78 is 32.8. The lowest BCUT2D eigenvalue weighted by Gasteiger charge is -2.34. The molecule has 22 heavy (non-hydrogen) atoms. The maximum atomic E-state index is 12.8. The fourth-order valence-electron chi connectivity index (χ4n) is 2.83. The molecule has 5 nitrogen and oxygen atoms in total. The molecule has 1 aliphatic heterocycles. The van der Waals surface area contributed by atoms with E-state index in [4.69, 9.17) is 10.5 Å². The molecular formula is C16H26N2O3S. The van der Waals surface area contributed by atoms with Crippen molar-refractivity contribution in [1.29, 1.82) is 0 Å². The van der Waals surface area contributed by atoms with Crippen LogP contribution in [0.1, 0.15) is 39.0 Å². The third-order valence-electron chi connectivity index (χ3n) is 3.98. The van der Waals surface area contributed by atoms with Crippen LogP contribution in [0.2, 0.25) is 0 Å². The molecule has 2 rings (SSSR count). The summed E-state index contributed by atoms with van der Waals surface area (Å²) in [7, 11) is -3.45. The SMILES string of the molecule is CCCOc1ccc(S(=O)(=O)N2CCCCC2CCN)cc1. The van der Waals surface area contributed by atoms with Gasteiger partial charge in [-0.15, -0.1) is 0 Å². The maximum Gasteiger partial charge on any atom is 0.243 e. The van der Waals surface area contributed by atoms with Crippen molar-refractivity contribution in [3.63, 3.8) is 0 Å². The van der Waals surface area contributed by atoms with E-state index in [9.17, 15) is 8.42 Å². The number of nitrogens with zero attached hydrogens (tertiary/aromatic N) is 1. The Morgan fingerprint density at radius 1 is 1.27 bits per heavy atom. The largest absolute Gasteiger partial charge is 0.494 e. The van der Waals surface area contributed by atoms with Crippen molar-refractivity contribution in [2.45, 2.75) is 50.0 Å². The number of piperidine rings is 1. The fraction of sp³-hybridized carbons (Fsp3) is 0.625. The Morgan fingerprint density at radius 3 is 2.64 bits per heavy atom. The third-order valence-corrected chi connectivity index (χ3v) is 5.94. The lowest BCUT2D eigenvalue weighted by Crippen LogP contribution is -2.44. The molecule has 0 amide bonds. The summed E-state index contributed by atoms with van der Waals surface area (Å²) >= 11 is 0. The molecular weight excluding hydrogens is 300 g/mol. The van der Waals surface area contributed by atoms with E-state index < -0.39 is 10.0 Å². The number of ether oxygens (including phenoxy) is 1. The van der Waals surface area contributed by atoms with Crippen molar-refractivity contribution in [2.24, 2.45) is 5.73 Å². The molecule has 1 fully saturated rings. The average Bonchev–Trinajstić information content (AvgIpc) is 2.54. The summed E-state index contributed by atoms with van der Waals surface area (Å²) in [6, 6.07) is 6.75. The second kappa shape index (κ2) is 7.94. The molecule has 0 aliphatic carbocycles. The topological polar surface area (TPSA) is 72.6 Å². The van der Waals surface area contributed by atoms with Crippen LogP contribution in [-0.4, -0.2) is 38.5 Å². The van der Waals surface area contributed by atoms with Crippen LogP contribution in [0.5, 0.6) is 5.75 Å². The quantitative estimate of drug-likeness (QED) is 0.835. The van der Waals surface area contributed by atoms with Crippen molar-refractivity contribution in [1.82, 2.24) is 4.31 Å². The fourth-order valence-corrected chi connectivity index (χ4v) is 4.56. The van der Waals surface area contributed by atoms with Gasteiger partial charge in [0.05, 0.1) is 11.5 Å². The highest BCUT2D eigenvalue weighted by Gasteiger charge is 2.32. The number of rotatable bonds is 7. The van der Waals surface area contributed by atoms with Gasteiger partial charge in [0.15, 0.2) is 0 Å². The molecule has 0 spiro atoms. The van der Waals surface area contributed by atoms with Crippen LogP contribution >= 0.6 is 0 Å². The molecule has 1 heterocycles. The van der Waals surface area contributed by atoms with Gasteiger partial charge < -0.3 is 10.5 Å². The zero-order valence-electron chi connectivity index (χ0n) is 13.2. The van der Waals surface area contributed by atoms with Gasteiger partial charge in [-0.2, -0.15) is 4.31 Å². The van der Waals surface area contributed by atoms with Gasteiger partial charge in [-0.05, 0) is 56.5 Å². The predicted molar refractivity (Wildman–Crippen MR) is 87.4 cm³/mol. The van der Waals surface area contributed by atoms with Gasteiger partial charge in [0.25, 0.3) is 0 Å². The average molecular weight is 326 g/mol.